The van der Waals surface area contributed by atoms with Gasteiger partial charge in [-0.05, 0) is 97.1 Å². The molecular formula is C72H62Cl3F4N21O6S3. The van der Waals surface area contributed by atoms with Crippen LogP contribution in [-0.2, 0) is 14.2 Å². The molecule has 0 spiro atoms. The molecule has 27 nitrogen and oxygen atoms in total. The average Bonchev–Trinajstić information content (AvgIpc) is 1.66. The lowest BCUT2D eigenvalue weighted by Crippen LogP contribution is -2.36. The quantitative estimate of drug-likeness (QED) is 0.0430. The number of carbonyl (C=O) groups excluding carboxylic acids is 3. The lowest BCUT2D eigenvalue weighted by Gasteiger charge is -2.26. The van der Waals surface area contributed by atoms with Gasteiger partial charge in [0, 0.05) is 96.6 Å². The van der Waals surface area contributed by atoms with Crippen molar-refractivity contribution in [2.75, 3.05) is 143 Å². The van der Waals surface area contributed by atoms with Gasteiger partial charge in [-0.25, -0.2) is 76.8 Å². The summed E-state index contributed by atoms with van der Waals surface area (Å²) >= 11 is 21.9. The number of halogens is 7. The topological polar surface area (TPSA) is 355 Å². The summed E-state index contributed by atoms with van der Waals surface area (Å²) in [4.78, 5) is 84.5. The predicted molar refractivity (Wildman–Crippen MR) is 420 cm³/mol. The van der Waals surface area contributed by atoms with E-state index in [1.807, 2.05) is 0 Å². The Labute approximate surface area is 645 Å². The molecule has 0 radical (unpaired) electrons. The van der Waals surface area contributed by atoms with Crippen LogP contribution in [0.25, 0.3) is 65.5 Å². The SMILES string of the molecule is Nc1nccc(-c2nc(N3CCOCC3)sc2-c2cccc(NC(=O)Nc3ccc(Cl)c(Cl)c3)c2F)n1.Nc1nccc(-c2nc(N3CCOCC3)sc2-c2cccc(NC(=O)Nc3ccc(F)cc3)c2F)n1.Nc1nccc(-c2nc(N3CCOCC3)sc2-c2cccc(NC(=O)Nc3cccc(Cl)c3)c2F)n1. The zero-order valence-corrected chi connectivity index (χ0v) is 61.6. The molecule has 12 N–H and O–H groups in total. The highest BCUT2D eigenvalue weighted by molar-refractivity contribution is 7.20. The number of aromatic nitrogens is 9. The van der Waals surface area contributed by atoms with Crippen LogP contribution in [0.1, 0.15) is 0 Å². The highest BCUT2D eigenvalue weighted by atomic mass is 35.5. The van der Waals surface area contributed by atoms with E-state index in [1.165, 1.54) is 101 Å². The van der Waals surface area contributed by atoms with Gasteiger partial charge in [-0.3, -0.25) is 0 Å². The molecule has 6 aromatic heterocycles. The molecule has 0 atom stereocenters. The number of ether oxygens (including phenoxy) is 3. The molecule has 0 bridgehead atoms. The molecule has 109 heavy (non-hydrogen) atoms. The Bertz CT molecular complexity index is 5290. The summed E-state index contributed by atoms with van der Waals surface area (Å²) in [6.45, 7) is 7.45. The molecule has 6 aromatic carbocycles. The summed E-state index contributed by atoms with van der Waals surface area (Å²) < 4.78 is 76.8. The number of nitrogen functional groups attached to an aromatic ring is 3. The standard InChI is InChI=1S/C24H20Cl2FN7O2S.C24H21ClFN7O2S.C24H21F2N7O2S/c25-15-5-4-13(12-16(15)26)30-23(35)32-17-3-1-2-14(19(17)27)21-20(18-6-7-29-22(28)31-18)33-24(37-21)34-8-10-36-11-9-34;25-14-3-1-4-15(13-14)29-23(34)31-17-6-2-5-16(19(17)26)21-20(18-7-8-28-22(27)30-18)32-24(36-21)33-9-11-35-12-10-33;25-14-4-6-15(7-5-14)29-23(34)31-17-3-1-2-16(19(17)26)21-20(18-8-9-28-22(27)30-18)32-24(36-21)33-10-12-35-13-11-33/h1-7,12H,8-11H2,(H2,28,29,31)(H2,30,32,35);1-8,13H,9-12H2,(H2,27,28,30)(H2,29,31,34);1-9H,10-13H2,(H2,27,28,30)(H2,29,31,34). The number of thiazole rings is 3. The van der Waals surface area contributed by atoms with Crippen LogP contribution in [0.4, 0.5) is 99.3 Å². The summed E-state index contributed by atoms with van der Waals surface area (Å²) in [7, 11) is 0. The van der Waals surface area contributed by atoms with Crippen molar-refractivity contribution in [2.24, 2.45) is 0 Å². The fourth-order valence-corrected chi connectivity index (χ4v) is 15.0. The predicted octanol–water partition coefficient (Wildman–Crippen LogP) is 15.5. The van der Waals surface area contributed by atoms with E-state index in [1.54, 1.807) is 91.0 Å². The molecule has 3 fully saturated rings. The fraction of sp³-hybridized carbons (Fsp3) is 0.167. The number of carbonyl (C=O) groups is 3. The van der Waals surface area contributed by atoms with Gasteiger partial charge in [0.05, 0.1) is 98.5 Å². The van der Waals surface area contributed by atoms with Gasteiger partial charge in [-0.1, -0.05) is 111 Å². The molecule has 0 saturated carbocycles. The minimum absolute atomic E-state index is 0.00969. The first-order chi connectivity index (χ1) is 52.8. The zero-order valence-electron chi connectivity index (χ0n) is 56.9. The fourth-order valence-electron chi connectivity index (χ4n) is 11.1. The molecule has 558 valence electrons. The summed E-state index contributed by atoms with van der Waals surface area (Å²) in [5.74, 6) is -2.03. The molecule has 9 heterocycles. The lowest BCUT2D eigenvalue weighted by atomic mass is 10.1. The maximum absolute atomic E-state index is 15.8. The molecule has 37 heteroatoms. The van der Waals surface area contributed by atoms with Crippen molar-refractivity contribution in [1.29, 1.82) is 0 Å². The Morgan fingerprint density at radius 2 is 0.725 bits per heavy atom. The molecule has 0 unspecified atom stereocenters. The summed E-state index contributed by atoms with van der Waals surface area (Å²) in [5, 5.41) is 18.7. The van der Waals surface area contributed by atoms with Gasteiger partial charge < -0.3 is 78.0 Å². The van der Waals surface area contributed by atoms with E-state index in [-0.39, 0.29) is 56.6 Å². The van der Waals surface area contributed by atoms with Gasteiger partial charge in [0.1, 0.15) is 22.9 Å². The van der Waals surface area contributed by atoms with E-state index >= 15 is 13.2 Å². The monoisotopic (exact) mass is 1590 g/mol. The third kappa shape index (κ3) is 18.9. The first-order valence-electron chi connectivity index (χ1n) is 33.2. The van der Waals surface area contributed by atoms with Crippen LogP contribution in [0, 0.1) is 23.3 Å². The van der Waals surface area contributed by atoms with Crippen molar-refractivity contribution >= 4 is 154 Å². The van der Waals surface area contributed by atoms with Crippen molar-refractivity contribution < 1.29 is 46.2 Å². The van der Waals surface area contributed by atoms with Gasteiger partial charge in [-0.15, -0.1) is 0 Å². The van der Waals surface area contributed by atoms with Crippen molar-refractivity contribution in [1.82, 2.24) is 44.9 Å². The Kier molecular flexibility index (Phi) is 24.4. The van der Waals surface area contributed by atoms with Gasteiger partial charge in [0.25, 0.3) is 0 Å². The number of anilines is 12. The Hall–Kier alpha value is -11.5. The number of hydrogen-bond acceptors (Lipinski definition) is 24. The maximum Gasteiger partial charge on any atom is 0.323 e. The molecule has 12 aromatic rings. The Morgan fingerprint density at radius 3 is 1.07 bits per heavy atom. The minimum atomic E-state index is -0.667. The highest BCUT2D eigenvalue weighted by Gasteiger charge is 2.29. The van der Waals surface area contributed by atoms with Crippen LogP contribution >= 0.6 is 68.8 Å². The highest BCUT2D eigenvalue weighted by Crippen LogP contribution is 2.46. The molecule has 0 aliphatic carbocycles. The van der Waals surface area contributed by atoms with E-state index in [4.69, 9.17) is 81.2 Å². The second kappa shape index (κ2) is 35.1. The van der Waals surface area contributed by atoms with Crippen LogP contribution in [-0.4, -0.2) is 142 Å². The Morgan fingerprint density at radius 1 is 0.385 bits per heavy atom. The number of hydrogen-bond donors (Lipinski definition) is 9. The third-order valence-electron chi connectivity index (χ3n) is 16.3. The van der Waals surface area contributed by atoms with Crippen LogP contribution < -0.4 is 63.8 Å². The summed E-state index contributed by atoms with van der Waals surface area (Å²) in [6, 6.07) is 33.9. The van der Waals surface area contributed by atoms with Crippen molar-refractivity contribution in [3.05, 3.63) is 196 Å². The van der Waals surface area contributed by atoms with E-state index in [0.717, 1.165) is 5.13 Å². The number of nitrogens with zero attached hydrogens (tertiary/aromatic N) is 12. The van der Waals surface area contributed by atoms with Gasteiger partial charge in [0.15, 0.2) is 32.8 Å². The van der Waals surface area contributed by atoms with Crippen LogP contribution in [0.15, 0.2) is 158 Å². The van der Waals surface area contributed by atoms with Gasteiger partial charge in [-0.2, -0.15) is 0 Å². The van der Waals surface area contributed by atoms with Gasteiger partial charge in [0.2, 0.25) is 17.8 Å². The number of benzene rings is 6. The molecule has 3 saturated heterocycles. The largest absolute Gasteiger partial charge is 0.378 e. The second-order valence-corrected chi connectivity index (χ2v) is 27.8. The smallest absolute Gasteiger partial charge is 0.323 e. The first kappa shape index (κ1) is 75.8. The minimum Gasteiger partial charge on any atom is -0.378 e. The number of nitrogens with one attached hydrogen (secondary N) is 6. The van der Waals surface area contributed by atoms with Crippen LogP contribution in [0.3, 0.4) is 0 Å². The zero-order chi connectivity index (χ0) is 76.1. The molecule has 15 rings (SSSR count). The molecule has 6 amide bonds. The van der Waals surface area contributed by atoms with E-state index in [2.05, 4.69) is 76.5 Å². The van der Waals surface area contributed by atoms with Crippen LogP contribution in [0.2, 0.25) is 15.1 Å². The first-order valence-corrected chi connectivity index (χ1v) is 36.8. The van der Waals surface area contributed by atoms with Crippen LogP contribution in [0.5, 0.6) is 0 Å². The second-order valence-electron chi connectivity index (χ2n) is 23.6. The molecule has 3 aliphatic heterocycles. The number of urea groups is 3. The number of nitrogens with two attached hydrogens (primary N) is 3. The third-order valence-corrected chi connectivity index (χ3v) is 20.7. The van der Waals surface area contributed by atoms with Gasteiger partial charge >= 0.3 is 18.1 Å². The Balaban J connectivity index is 0.000000144. The molecular weight excluding hydrogens is 1530 g/mol. The van der Waals surface area contributed by atoms with Crippen molar-refractivity contribution in [3.63, 3.8) is 0 Å². The molecule has 3 aliphatic rings. The average molecular weight is 1600 g/mol. The number of amides is 6. The number of morpholine rings is 3. The van der Waals surface area contributed by atoms with Crippen molar-refractivity contribution in [3.8, 4) is 65.5 Å². The maximum atomic E-state index is 15.8. The summed E-state index contributed by atoms with van der Waals surface area (Å²) in [6.07, 6.45) is 4.57. The van der Waals surface area contributed by atoms with E-state index in [9.17, 15) is 18.8 Å². The lowest BCUT2D eigenvalue weighted by molar-refractivity contribution is 0.122. The van der Waals surface area contributed by atoms with Crippen molar-refractivity contribution in [2.45, 2.75) is 0 Å². The van der Waals surface area contributed by atoms with E-state index < -0.39 is 41.4 Å². The van der Waals surface area contributed by atoms with E-state index in [0.29, 0.717) is 165 Å². The number of rotatable bonds is 15. The summed E-state index contributed by atoms with van der Waals surface area (Å²) in [5.41, 5.74) is 22.2. The normalized spacial score (nSPS) is 13.4.